The predicted octanol–water partition coefficient (Wildman–Crippen LogP) is 4.23. The Balaban J connectivity index is 1.22. The average Bonchev–Trinajstić information content (AvgIpc) is 3.26. The van der Waals surface area contributed by atoms with Crippen LogP contribution in [0, 0.1) is 0 Å². The molecule has 0 aliphatic heterocycles. The van der Waals surface area contributed by atoms with Gasteiger partial charge in [-0.3, -0.25) is 4.79 Å². The number of nitrogens with zero attached hydrogens (tertiary/aromatic N) is 2. The molecule has 4 aromatic rings. The molecule has 0 spiro atoms. The summed E-state index contributed by atoms with van der Waals surface area (Å²) in [5.74, 6) is -0.0447. The number of carbonyl (C=O) groups excluding carboxylic acids is 2. The van der Waals surface area contributed by atoms with Crippen LogP contribution in [0.1, 0.15) is 17.5 Å². The summed E-state index contributed by atoms with van der Waals surface area (Å²) < 4.78 is 1.91. The van der Waals surface area contributed by atoms with Gasteiger partial charge >= 0.3 is 6.03 Å². The van der Waals surface area contributed by atoms with Gasteiger partial charge in [0.1, 0.15) is 5.65 Å². The molecule has 4 rings (SSSR count). The molecular formula is C24H23N5O2. The fourth-order valence-electron chi connectivity index (χ4n) is 3.18. The quantitative estimate of drug-likeness (QED) is 0.424. The molecule has 3 N–H and O–H groups in total. The lowest BCUT2D eigenvalue weighted by atomic mass is 10.1. The van der Waals surface area contributed by atoms with Crippen molar-refractivity contribution in [3.05, 3.63) is 96.4 Å². The van der Waals surface area contributed by atoms with E-state index in [-0.39, 0.29) is 11.9 Å². The molecular weight excluding hydrogens is 390 g/mol. The number of pyridine rings is 1. The van der Waals surface area contributed by atoms with Gasteiger partial charge in [0.05, 0.1) is 0 Å². The number of amides is 3. The number of imidazole rings is 1. The summed E-state index contributed by atoms with van der Waals surface area (Å²) in [4.78, 5) is 28.5. The number of urea groups is 1. The van der Waals surface area contributed by atoms with Crippen molar-refractivity contribution in [3.8, 4) is 0 Å². The minimum Gasteiger partial charge on any atom is -0.334 e. The Morgan fingerprint density at radius 1 is 0.839 bits per heavy atom. The van der Waals surface area contributed by atoms with Gasteiger partial charge in [-0.2, -0.15) is 0 Å². The highest BCUT2D eigenvalue weighted by Gasteiger charge is 2.06. The van der Waals surface area contributed by atoms with Gasteiger partial charge in [-0.05, 0) is 53.9 Å². The van der Waals surface area contributed by atoms with Crippen molar-refractivity contribution in [1.29, 1.82) is 0 Å². The molecule has 0 atom stereocenters. The Bertz CT molecular complexity index is 1170. The summed E-state index contributed by atoms with van der Waals surface area (Å²) in [5.41, 5.74) is 4.26. The number of aryl methyl sites for hydroxylation is 1. The minimum absolute atomic E-state index is 0.0447. The van der Waals surface area contributed by atoms with E-state index in [4.69, 9.17) is 0 Å². The fraction of sp³-hybridized carbons (Fsp3) is 0.125. The van der Waals surface area contributed by atoms with Crippen LogP contribution in [0.25, 0.3) is 5.65 Å². The first kappa shape index (κ1) is 20.2. The molecule has 2 heterocycles. The van der Waals surface area contributed by atoms with Crippen LogP contribution in [-0.4, -0.2) is 21.3 Å². The second kappa shape index (κ2) is 9.58. The van der Waals surface area contributed by atoms with E-state index >= 15 is 0 Å². The highest BCUT2D eigenvalue weighted by molar-refractivity contribution is 5.92. The van der Waals surface area contributed by atoms with Crippen LogP contribution >= 0.6 is 0 Å². The molecule has 0 fully saturated rings. The molecule has 3 amide bonds. The maximum Gasteiger partial charge on any atom is 0.319 e. The molecule has 7 heteroatoms. The topological polar surface area (TPSA) is 87.5 Å². The Morgan fingerprint density at radius 2 is 1.58 bits per heavy atom. The van der Waals surface area contributed by atoms with E-state index in [1.54, 1.807) is 30.5 Å². The molecule has 0 aliphatic carbocycles. The second-order valence-corrected chi connectivity index (χ2v) is 7.15. The Hall–Kier alpha value is -4.13. The molecule has 31 heavy (non-hydrogen) atoms. The van der Waals surface area contributed by atoms with Crippen LogP contribution < -0.4 is 16.0 Å². The first-order valence-corrected chi connectivity index (χ1v) is 10.1. The lowest BCUT2D eigenvalue weighted by Gasteiger charge is -2.09. The van der Waals surface area contributed by atoms with Crippen molar-refractivity contribution in [2.24, 2.45) is 0 Å². The zero-order chi connectivity index (χ0) is 21.5. The summed E-state index contributed by atoms with van der Waals surface area (Å²) in [6.45, 7) is 0.394. The molecule has 2 aromatic heterocycles. The van der Waals surface area contributed by atoms with Gasteiger partial charge in [0.2, 0.25) is 5.91 Å². The normalized spacial score (nSPS) is 10.6. The number of carbonyl (C=O) groups is 2. The third kappa shape index (κ3) is 5.70. The maximum atomic E-state index is 12.2. The van der Waals surface area contributed by atoms with Crippen LogP contribution in [0.15, 0.2) is 85.3 Å². The zero-order valence-electron chi connectivity index (χ0n) is 16.9. The zero-order valence-corrected chi connectivity index (χ0v) is 16.9. The van der Waals surface area contributed by atoms with Gasteiger partial charge in [-0.1, -0.05) is 30.3 Å². The molecule has 0 aliphatic rings. The summed E-state index contributed by atoms with van der Waals surface area (Å²) in [6, 6.07) is 20.5. The largest absolute Gasteiger partial charge is 0.334 e. The van der Waals surface area contributed by atoms with Gasteiger partial charge in [-0.15, -0.1) is 0 Å². The Morgan fingerprint density at radius 3 is 2.35 bits per heavy atom. The second-order valence-electron chi connectivity index (χ2n) is 7.15. The number of benzene rings is 2. The first-order chi connectivity index (χ1) is 15.2. The molecule has 0 saturated heterocycles. The van der Waals surface area contributed by atoms with E-state index in [1.165, 1.54) is 0 Å². The highest BCUT2D eigenvalue weighted by atomic mass is 16.2. The number of nitrogens with one attached hydrogen (secondary N) is 3. The summed E-state index contributed by atoms with van der Waals surface area (Å²) >= 11 is 0. The number of hydrogen-bond acceptors (Lipinski definition) is 3. The lowest BCUT2D eigenvalue weighted by Crippen LogP contribution is -2.28. The van der Waals surface area contributed by atoms with Crippen molar-refractivity contribution in [1.82, 2.24) is 14.7 Å². The molecule has 0 saturated carbocycles. The number of aromatic nitrogens is 2. The number of rotatable bonds is 7. The van der Waals surface area contributed by atoms with Crippen molar-refractivity contribution in [3.63, 3.8) is 0 Å². The Labute approximate surface area is 180 Å². The molecule has 7 nitrogen and oxygen atoms in total. The summed E-state index contributed by atoms with van der Waals surface area (Å²) in [7, 11) is 0. The van der Waals surface area contributed by atoms with Gasteiger partial charge in [0.25, 0.3) is 0 Å². The van der Waals surface area contributed by atoms with Gasteiger partial charge in [0.15, 0.2) is 0 Å². The van der Waals surface area contributed by atoms with E-state index in [2.05, 4.69) is 20.9 Å². The van der Waals surface area contributed by atoms with Crippen LogP contribution in [0.5, 0.6) is 0 Å². The molecule has 0 radical (unpaired) electrons. The van der Waals surface area contributed by atoms with Crippen molar-refractivity contribution in [2.75, 3.05) is 10.6 Å². The molecule has 0 bridgehead atoms. The van der Waals surface area contributed by atoms with Crippen LogP contribution in [0.4, 0.5) is 16.2 Å². The lowest BCUT2D eigenvalue weighted by molar-refractivity contribution is -0.116. The van der Waals surface area contributed by atoms with Crippen molar-refractivity contribution >= 4 is 29.0 Å². The van der Waals surface area contributed by atoms with Crippen molar-refractivity contribution < 1.29 is 9.59 Å². The average molecular weight is 413 g/mol. The Kier molecular flexibility index (Phi) is 6.23. The number of hydrogen-bond donors (Lipinski definition) is 3. The molecule has 156 valence electrons. The maximum absolute atomic E-state index is 12.2. The summed E-state index contributed by atoms with van der Waals surface area (Å²) in [5, 5.41) is 8.49. The van der Waals surface area contributed by atoms with Gasteiger partial charge in [-0.25, -0.2) is 9.78 Å². The third-order valence-corrected chi connectivity index (χ3v) is 4.83. The standard InChI is InChI=1S/C24H23N5O2/c30-23(11-6-18-4-2-1-3-5-18)27-20-7-9-21(10-8-20)28-24(31)26-17-19-12-14-29-15-13-25-22(29)16-19/h1-5,7-10,12-16H,6,11,17H2,(H,27,30)(H2,26,28,31). The summed E-state index contributed by atoms with van der Waals surface area (Å²) in [6.07, 6.45) is 6.62. The smallest absolute Gasteiger partial charge is 0.319 e. The monoisotopic (exact) mass is 413 g/mol. The fourth-order valence-corrected chi connectivity index (χ4v) is 3.18. The first-order valence-electron chi connectivity index (χ1n) is 10.1. The van der Waals surface area contributed by atoms with E-state index in [9.17, 15) is 9.59 Å². The SMILES string of the molecule is O=C(CCc1ccccc1)Nc1ccc(NC(=O)NCc2ccn3ccnc3c2)cc1. The number of fused-ring (bicyclic) bond motifs is 1. The van der Waals surface area contributed by atoms with Crippen molar-refractivity contribution in [2.45, 2.75) is 19.4 Å². The number of anilines is 2. The van der Waals surface area contributed by atoms with E-state index < -0.39 is 0 Å². The van der Waals surface area contributed by atoms with Gasteiger partial charge in [0, 0.05) is 42.9 Å². The predicted molar refractivity (Wildman–Crippen MR) is 121 cm³/mol. The van der Waals surface area contributed by atoms with E-state index in [1.807, 2.05) is 59.3 Å². The van der Waals surface area contributed by atoms with E-state index in [0.717, 1.165) is 16.8 Å². The van der Waals surface area contributed by atoms with Gasteiger partial charge < -0.3 is 20.4 Å². The minimum atomic E-state index is -0.303. The van der Waals surface area contributed by atoms with Crippen LogP contribution in [-0.2, 0) is 17.8 Å². The highest BCUT2D eigenvalue weighted by Crippen LogP contribution is 2.14. The molecule has 0 unspecified atom stereocenters. The van der Waals surface area contributed by atoms with Crippen LogP contribution in [0.3, 0.4) is 0 Å². The third-order valence-electron chi connectivity index (χ3n) is 4.83. The van der Waals surface area contributed by atoms with E-state index in [0.29, 0.717) is 30.8 Å². The van der Waals surface area contributed by atoms with Crippen LogP contribution in [0.2, 0.25) is 0 Å². The molecule has 2 aromatic carbocycles.